The summed E-state index contributed by atoms with van der Waals surface area (Å²) < 4.78 is 31.4. The van der Waals surface area contributed by atoms with Crippen LogP contribution in [0.5, 0.6) is 0 Å². The first-order valence-corrected chi connectivity index (χ1v) is 9.44. The summed E-state index contributed by atoms with van der Waals surface area (Å²) in [5.74, 6) is 0.241. The molecule has 2 aliphatic rings. The van der Waals surface area contributed by atoms with Gasteiger partial charge in [-0.3, -0.25) is 9.88 Å². The van der Waals surface area contributed by atoms with Gasteiger partial charge >= 0.3 is 0 Å². The number of aromatic nitrogens is 1. The molecule has 0 aliphatic carbocycles. The molecular formula is C15H23N3O3S. The summed E-state index contributed by atoms with van der Waals surface area (Å²) in [7, 11) is -1.45. The number of piperidine rings is 1. The number of rotatable bonds is 4. The van der Waals surface area contributed by atoms with Gasteiger partial charge < -0.3 is 4.74 Å². The van der Waals surface area contributed by atoms with Gasteiger partial charge in [0.25, 0.3) is 0 Å². The Morgan fingerprint density at radius 2 is 2.23 bits per heavy atom. The zero-order valence-corrected chi connectivity index (χ0v) is 13.9. The van der Waals surface area contributed by atoms with Crippen molar-refractivity contribution in [3.63, 3.8) is 0 Å². The molecule has 0 saturated carbocycles. The Kier molecular flexibility index (Phi) is 4.49. The Balaban J connectivity index is 1.77. The Morgan fingerprint density at radius 3 is 2.86 bits per heavy atom. The maximum absolute atomic E-state index is 12.0. The predicted octanol–water partition coefficient (Wildman–Crippen LogP) is 0.562. The number of ether oxygens (including phenoxy) is 1. The van der Waals surface area contributed by atoms with Crippen LogP contribution in [-0.4, -0.2) is 67.8 Å². The number of hydrogen-bond donors (Lipinski definition) is 0. The molecular weight excluding hydrogens is 302 g/mol. The maximum Gasteiger partial charge on any atom is 0.211 e. The third kappa shape index (κ3) is 3.17. The number of sulfonamides is 1. The first-order chi connectivity index (χ1) is 10.5. The number of nitrogens with zero attached hydrogens (tertiary/aromatic N) is 3. The van der Waals surface area contributed by atoms with Crippen LogP contribution < -0.4 is 0 Å². The smallest absolute Gasteiger partial charge is 0.211 e. The van der Waals surface area contributed by atoms with Crippen LogP contribution >= 0.6 is 0 Å². The molecule has 3 heterocycles. The second-order valence-corrected chi connectivity index (χ2v) is 8.16. The van der Waals surface area contributed by atoms with E-state index in [0.29, 0.717) is 6.54 Å². The van der Waals surface area contributed by atoms with Crippen molar-refractivity contribution in [2.75, 3.05) is 33.0 Å². The standard InChI is InChI=1S/C15H23N3O3S/c1-21-15-5-7-18(22(2,19)20)14-11-17(10-13(14)15)9-12-4-3-6-16-8-12/h3-4,6,8,13-15H,5,7,9-11H2,1-2H3/t13-,14+,15-/m1/s1. The minimum absolute atomic E-state index is 0.0189. The second kappa shape index (κ2) is 6.23. The van der Waals surface area contributed by atoms with Crippen LogP contribution in [0.1, 0.15) is 12.0 Å². The highest BCUT2D eigenvalue weighted by atomic mass is 32.2. The molecule has 3 rings (SSSR count). The van der Waals surface area contributed by atoms with Gasteiger partial charge in [0.15, 0.2) is 0 Å². The van der Waals surface area contributed by atoms with E-state index in [-0.39, 0.29) is 18.1 Å². The fourth-order valence-electron chi connectivity index (χ4n) is 3.78. The molecule has 0 N–H and O–H groups in total. The summed E-state index contributed by atoms with van der Waals surface area (Å²) in [6.07, 6.45) is 5.85. The van der Waals surface area contributed by atoms with E-state index < -0.39 is 10.0 Å². The Labute approximate surface area is 132 Å². The minimum Gasteiger partial charge on any atom is -0.381 e. The number of fused-ring (bicyclic) bond motifs is 1. The van der Waals surface area contributed by atoms with Gasteiger partial charge in [0.1, 0.15) is 0 Å². The summed E-state index contributed by atoms with van der Waals surface area (Å²) in [4.78, 5) is 6.45. The number of pyridine rings is 1. The molecule has 1 aromatic heterocycles. The van der Waals surface area contributed by atoms with Gasteiger partial charge in [-0.15, -0.1) is 0 Å². The van der Waals surface area contributed by atoms with E-state index in [1.165, 1.54) is 6.26 Å². The van der Waals surface area contributed by atoms with E-state index in [1.54, 1.807) is 17.6 Å². The molecule has 0 unspecified atom stereocenters. The van der Waals surface area contributed by atoms with Crippen LogP contribution in [0.15, 0.2) is 24.5 Å². The molecule has 22 heavy (non-hydrogen) atoms. The van der Waals surface area contributed by atoms with Crippen LogP contribution in [0.3, 0.4) is 0 Å². The molecule has 0 amide bonds. The fraction of sp³-hybridized carbons (Fsp3) is 0.667. The summed E-state index contributed by atoms with van der Waals surface area (Å²) in [5, 5.41) is 0. The van der Waals surface area contributed by atoms with E-state index in [1.807, 2.05) is 12.3 Å². The van der Waals surface area contributed by atoms with E-state index in [2.05, 4.69) is 16.0 Å². The zero-order chi connectivity index (χ0) is 15.7. The van der Waals surface area contributed by atoms with Gasteiger partial charge in [0.2, 0.25) is 10.0 Å². The van der Waals surface area contributed by atoms with Crippen molar-refractivity contribution >= 4 is 10.0 Å². The number of methoxy groups -OCH3 is 1. The number of hydrogen-bond acceptors (Lipinski definition) is 5. The molecule has 2 saturated heterocycles. The molecule has 0 bridgehead atoms. The highest BCUT2D eigenvalue weighted by molar-refractivity contribution is 7.88. The summed E-state index contributed by atoms with van der Waals surface area (Å²) in [6.45, 7) is 2.98. The van der Waals surface area contributed by atoms with Crippen LogP contribution in [0.25, 0.3) is 0 Å². The lowest BCUT2D eigenvalue weighted by Gasteiger charge is -2.39. The van der Waals surface area contributed by atoms with Gasteiger partial charge in [-0.1, -0.05) is 6.07 Å². The number of likely N-dealkylation sites (tertiary alicyclic amines) is 1. The van der Waals surface area contributed by atoms with Gasteiger partial charge in [-0.05, 0) is 18.1 Å². The average molecular weight is 325 g/mol. The topological polar surface area (TPSA) is 62.7 Å². The average Bonchev–Trinajstić information content (AvgIpc) is 2.89. The van der Waals surface area contributed by atoms with Crippen molar-refractivity contribution < 1.29 is 13.2 Å². The summed E-state index contributed by atoms with van der Waals surface area (Å²) in [5.41, 5.74) is 1.15. The van der Waals surface area contributed by atoms with Crippen molar-refractivity contribution in [3.8, 4) is 0 Å². The van der Waals surface area contributed by atoms with Crippen molar-refractivity contribution in [3.05, 3.63) is 30.1 Å². The highest BCUT2D eigenvalue weighted by Gasteiger charge is 2.47. The van der Waals surface area contributed by atoms with Crippen LogP contribution in [-0.2, 0) is 21.3 Å². The summed E-state index contributed by atoms with van der Waals surface area (Å²) >= 11 is 0. The van der Waals surface area contributed by atoms with Crippen LogP contribution in [0.2, 0.25) is 0 Å². The zero-order valence-electron chi connectivity index (χ0n) is 13.1. The normalized spacial score (nSPS) is 30.4. The molecule has 122 valence electrons. The Morgan fingerprint density at radius 1 is 1.41 bits per heavy atom. The van der Waals surface area contributed by atoms with E-state index in [0.717, 1.165) is 31.6 Å². The van der Waals surface area contributed by atoms with Crippen molar-refractivity contribution in [2.24, 2.45) is 5.92 Å². The van der Waals surface area contributed by atoms with Crippen molar-refractivity contribution in [1.82, 2.24) is 14.2 Å². The third-order valence-corrected chi connectivity index (χ3v) is 6.05. The van der Waals surface area contributed by atoms with Crippen molar-refractivity contribution in [1.29, 1.82) is 0 Å². The lowest BCUT2D eigenvalue weighted by atomic mass is 9.91. The lowest BCUT2D eigenvalue weighted by Crippen LogP contribution is -2.53. The largest absolute Gasteiger partial charge is 0.381 e. The SMILES string of the molecule is CO[C@@H]1CCN(S(C)(=O)=O)[C@H]2CN(Cc3cccnc3)C[C@@H]12. The summed E-state index contributed by atoms with van der Waals surface area (Å²) in [6, 6.07) is 4.00. The first-order valence-electron chi connectivity index (χ1n) is 7.60. The molecule has 0 spiro atoms. The molecule has 2 aliphatic heterocycles. The Hall–Kier alpha value is -1.02. The second-order valence-electron chi connectivity index (χ2n) is 6.22. The fourth-order valence-corrected chi connectivity index (χ4v) is 4.93. The van der Waals surface area contributed by atoms with E-state index >= 15 is 0 Å². The van der Waals surface area contributed by atoms with Gasteiger partial charge in [0, 0.05) is 57.6 Å². The maximum atomic E-state index is 12.0. The highest BCUT2D eigenvalue weighted by Crippen LogP contribution is 2.34. The molecule has 6 nitrogen and oxygen atoms in total. The molecule has 3 atom stereocenters. The monoisotopic (exact) mass is 325 g/mol. The lowest BCUT2D eigenvalue weighted by molar-refractivity contribution is 0.00245. The van der Waals surface area contributed by atoms with Crippen LogP contribution in [0, 0.1) is 5.92 Å². The predicted molar refractivity (Wildman–Crippen MR) is 83.8 cm³/mol. The third-order valence-electron chi connectivity index (χ3n) is 4.75. The molecule has 2 fully saturated rings. The van der Waals surface area contributed by atoms with Crippen LogP contribution in [0.4, 0.5) is 0 Å². The minimum atomic E-state index is -3.17. The molecule has 7 heteroatoms. The quantitative estimate of drug-likeness (QED) is 0.809. The Bertz CT molecular complexity index is 608. The van der Waals surface area contributed by atoms with Gasteiger partial charge in [-0.25, -0.2) is 8.42 Å². The molecule has 0 radical (unpaired) electrons. The van der Waals surface area contributed by atoms with Gasteiger partial charge in [0.05, 0.1) is 12.4 Å². The molecule has 0 aromatic carbocycles. The van der Waals surface area contributed by atoms with E-state index in [9.17, 15) is 8.42 Å². The molecule has 1 aromatic rings. The van der Waals surface area contributed by atoms with Gasteiger partial charge in [-0.2, -0.15) is 4.31 Å². The van der Waals surface area contributed by atoms with E-state index in [4.69, 9.17) is 4.74 Å². The first kappa shape index (κ1) is 15.9. The van der Waals surface area contributed by atoms with Crippen molar-refractivity contribution in [2.45, 2.75) is 25.1 Å².